The Morgan fingerprint density at radius 2 is 2.14 bits per heavy atom. The van der Waals surface area contributed by atoms with Gasteiger partial charge in [-0.05, 0) is 29.1 Å². The van der Waals surface area contributed by atoms with Gasteiger partial charge in [-0.1, -0.05) is 28.5 Å². The fraction of sp³-hybridized carbons (Fsp3) is 0.300. The maximum Gasteiger partial charge on any atom is 0.308 e. The van der Waals surface area contributed by atoms with E-state index in [1.807, 2.05) is 25.1 Å². The van der Waals surface area contributed by atoms with Crippen molar-refractivity contribution in [1.29, 1.82) is 0 Å². The fourth-order valence-electron chi connectivity index (χ4n) is 1.03. The van der Waals surface area contributed by atoms with E-state index in [4.69, 9.17) is 15.9 Å². The van der Waals surface area contributed by atoms with Crippen LogP contribution in [0.15, 0.2) is 29.2 Å². The van der Waals surface area contributed by atoms with Crippen LogP contribution in [0.4, 0.5) is 0 Å². The van der Waals surface area contributed by atoms with E-state index >= 15 is 0 Å². The van der Waals surface area contributed by atoms with E-state index < -0.39 is 0 Å². The van der Waals surface area contributed by atoms with Gasteiger partial charge in [0.1, 0.15) is 5.75 Å². The molecule has 1 atom stereocenters. The van der Waals surface area contributed by atoms with Crippen molar-refractivity contribution in [2.75, 3.05) is 5.75 Å². The third-order valence-electron chi connectivity index (χ3n) is 1.61. The van der Waals surface area contributed by atoms with E-state index in [-0.39, 0.29) is 15.4 Å². The van der Waals surface area contributed by atoms with E-state index in [1.165, 1.54) is 6.92 Å². The van der Waals surface area contributed by atoms with E-state index in [0.717, 1.165) is 10.6 Å². The lowest BCUT2D eigenvalue weighted by molar-refractivity contribution is -0.132. The summed E-state index contributed by atoms with van der Waals surface area (Å²) in [5.41, 5.74) is 0. The standard InChI is InChI=1S/C10H12O2S2/c1-3-14(13)10-7-5-4-6-9(10)12-8(2)11/h4-7H,3H2,1-2H3. The number of benzene rings is 1. The van der Waals surface area contributed by atoms with Crippen LogP contribution < -0.4 is 4.74 Å². The largest absolute Gasteiger partial charge is 0.426 e. The number of ether oxygens (including phenoxy) is 1. The Balaban J connectivity index is 3.02. The summed E-state index contributed by atoms with van der Waals surface area (Å²) in [5, 5.41) is 0. The van der Waals surface area contributed by atoms with Gasteiger partial charge in [0, 0.05) is 6.92 Å². The highest BCUT2D eigenvalue weighted by atomic mass is 32.8. The molecule has 1 aromatic rings. The van der Waals surface area contributed by atoms with E-state index in [2.05, 4.69) is 0 Å². The summed E-state index contributed by atoms with van der Waals surface area (Å²) in [4.78, 5) is 11.8. The SMILES string of the molecule is CCS(=S)c1ccccc1OC(C)=O. The molecule has 0 amide bonds. The van der Waals surface area contributed by atoms with Crippen molar-refractivity contribution in [2.24, 2.45) is 0 Å². The predicted molar refractivity (Wildman–Crippen MR) is 61.3 cm³/mol. The topological polar surface area (TPSA) is 26.3 Å². The van der Waals surface area contributed by atoms with Gasteiger partial charge in [0.25, 0.3) is 0 Å². The summed E-state index contributed by atoms with van der Waals surface area (Å²) < 4.78 is 5.07. The van der Waals surface area contributed by atoms with Crippen molar-refractivity contribution in [1.82, 2.24) is 0 Å². The Morgan fingerprint density at radius 1 is 1.50 bits per heavy atom. The summed E-state index contributed by atoms with van der Waals surface area (Å²) >= 11 is 5.28. The minimum atomic E-state index is -0.305. The van der Waals surface area contributed by atoms with E-state index in [9.17, 15) is 4.79 Å². The number of hydrogen-bond donors (Lipinski definition) is 0. The number of hydrogen-bond acceptors (Lipinski definition) is 3. The van der Waals surface area contributed by atoms with Crippen LogP contribution in [0, 0.1) is 0 Å². The third kappa shape index (κ3) is 2.89. The molecular weight excluding hydrogens is 216 g/mol. The summed E-state index contributed by atoms with van der Waals surface area (Å²) in [5.74, 6) is 1.17. The molecule has 2 nitrogen and oxygen atoms in total. The molecule has 76 valence electrons. The van der Waals surface area contributed by atoms with Crippen molar-refractivity contribution in [3.05, 3.63) is 24.3 Å². The number of carbonyl (C=O) groups is 1. The molecule has 0 aliphatic rings. The first-order chi connectivity index (χ1) is 6.65. The van der Waals surface area contributed by atoms with E-state index in [0.29, 0.717) is 5.75 Å². The third-order valence-corrected chi connectivity index (χ3v) is 4.21. The molecule has 0 fully saturated rings. The zero-order valence-electron chi connectivity index (χ0n) is 8.15. The Labute approximate surface area is 90.9 Å². The second-order valence-electron chi connectivity index (χ2n) is 2.67. The zero-order chi connectivity index (χ0) is 10.6. The first-order valence-corrected chi connectivity index (χ1v) is 6.63. The van der Waals surface area contributed by atoms with Crippen molar-refractivity contribution in [3.63, 3.8) is 0 Å². The second-order valence-corrected chi connectivity index (χ2v) is 5.59. The van der Waals surface area contributed by atoms with Gasteiger partial charge in [-0.15, -0.1) is 0 Å². The van der Waals surface area contributed by atoms with Crippen LogP contribution in [0.25, 0.3) is 0 Å². The molecule has 1 rings (SSSR count). The zero-order valence-corrected chi connectivity index (χ0v) is 9.78. The molecule has 0 spiro atoms. The first kappa shape index (κ1) is 11.3. The number of para-hydroxylation sites is 1. The summed E-state index contributed by atoms with van der Waals surface area (Å²) in [7, 11) is -0.262. The van der Waals surface area contributed by atoms with Gasteiger partial charge >= 0.3 is 5.97 Å². The molecule has 0 N–H and O–H groups in total. The van der Waals surface area contributed by atoms with Gasteiger partial charge in [-0.25, -0.2) is 0 Å². The van der Waals surface area contributed by atoms with Crippen LogP contribution in [0.3, 0.4) is 0 Å². The highest BCUT2D eigenvalue weighted by molar-refractivity contribution is 8.28. The highest BCUT2D eigenvalue weighted by Crippen LogP contribution is 2.22. The lowest BCUT2D eigenvalue weighted by Crippen LogP contribution is -2.05. The molecule has 14 heavy (non-hydrogen) atoms. The lowest BCUT2D eigenvalue weighted by atomic mass is 10.3. The molecule has 0 radical (unpaired) electrons. The Hall–Kier alpha value is -0.740. The minimum absolute atomic E-state index is 0.262. The maximum absolute atomic E-state index is 10.8. The molecule has 4 heteroatoms. The van der Waals surface area contributed by atoms with Crippen LogP contribution in [0.2, 0.25) is 0 Å². The van der Waals surface area contributed by atoms with Crippen LogP contribution in [0.5, 0.6) is 5.75 Å². The highest BCUT2D eigenvalue weighted by Gasteiger charge is 2.07. The van der Waals surface area contributed by atoms with Gasteiger partial charge in [0.15, 0.2) is 0 Å². The van der Waals surface area contributed by atoms with Gasteiger partial charge in [0.2, 0.25) is 0 Å². The minimum Gasteiger partial charge on any atom is -0.426 e. The average molecular weight is 228 g/mol. The first-order valence-electron chi connectivity index (χ1n) is 4.31. The monoisotopic (exact) mass is 228 g/mol. The summed E-state index contributed by atoms with van der Waals surface area (Å²) in [6.07, 6.45) is 0. The fourth-order valence-corrected chi connectivity index (χ4v) is 2.32. The average Bonchev–Trinajstić information content (AvgIpc) is 2.16. The molecule has 0 aliphatic heterocycles. The number of carbonyl (C=O) groups excluding carboxylic acids is 1. The molecule has 0 aliphatic carbocycles. The van der Waals surface area contributed by atoms with Gasteiger partial charge in [-0.2, -0.15) is 0 Å². The normalized spacial score (nSPS) is 12.1. The molecule has 1 aromatic carbocycles. The Kier molecular flexibility index (Phi) is 4.22. The molecule has 0 saturated heterocycles. The van der Waals surface area contributed by atoms with Crippen LogP contribution >= 0.6 is 0 Å². The van der Waals surface area contributed by atoms with Crippen LogP contribution in [-0.4, -0.2) is 11.7 Å². The predicted octanol–water partition coefficient (Wildman–Crippen LogP) is 2.07. The smallest absolute Gasteiger partial charge is 0.308 e. The van der Waals surface area contributed by atoms with Crippen molar-refractivity contribution in [3.8, 4) is 5.75 Å². The summed E-state index contributed by atoms with van der Waals surface area (Å²) in [6.45, 7) is 3.42. The quantitative estimate of drug-likeness (QED) is 0.585. The lowest BCUT2D eigenvalue weighted by Gasteiger charge is -2.08. The van der Waals surface area contributed by atoms with Crippen molar-refractivity contribution >= 4 is 26.6 Å². The van der Waals surface area contributed by atoms with Gasteiger partial charge in [0.05, 0.1) is 4.90 Å². The molecule has 0 bridgehead atoms. The molecule has 0 heterocycles. The second kappa shape index (κ2) is 5.22. The number of esters is 1. The van der Waals surface area contributed by atoms with Gasteiger partial charge < -0.3 is 4.74 Å². The Morgan fingerprint density at radius 3 is 2.71 bits per heavy atom. The maximum atomic E-state index is 10.8. The number of rotatable bonds is 3. The molecular formula is C10H12O2S2. The Bertz CT molecular complexity index is 361. The molecule has 1 unspecified atom stereocenters. The molecule has 0 saturated carbocycles. The van der Waals surface area contributed by atoms with Crippen LogP contribution in [-0.2, 0) is 25.4 Å². The van der Waals surface area contributed by atoms with E-state index in [1.54, 1.807) is 6.07 Å². The molecule has 0 aromatic heterocycles. The van der Waals surface area contributed by atoms with Gasteiger partial charge in [-0.3, -0.25) is 4.79 Å². The van der Waals surface area contributed by atoms with Crippen molar-refractivity contribution in [2.45, 2.75) is 18.7 Å². The van der Waals surface area contributed by atoms with Crippen molar-refractivity contribution < 1.29 is 9.53 Å². The van der Waals surface area contributed by atoms with Crippen LogP contribution in [0.1, 0.15) is 13.8 Å². The summed E-state index contributed by atoms with van der Waals surface area (Å²) in [6, 6.07) is 7.44.